The van der Waals surface area contributed by atoms with E-state index in [0.29, 0.717) is 11.4 Å². The van der Waals surface area contributed by atoms with Crippen LogP contribution in [-0.2, 0) is 0 Å². The Balaban J connectivity index is 1.58. The highest BCUT2D eigenvalue weighted by atomic mass is 16.5. The second-order valence-electron chi connectivity index (χ2n) is 5.41. The monoisotopic (exact) mass is 322 g/mol. The molecule has 1 atom stereocenters. The molecule has 0 bridgehead atoms. The van der Waals surface area contributed by atoms with Crippen LogP contribution in [0.5, 0.6) is 11.5 Å². The largest absolute Gasteiger partial charge is 0.508 e. The molecule has 0 saturated heterocycles. The highest BCUT2D eigenvalue weighted by Gasteiger charge is 2.09. The lowest BCUT2D eigenvalue weighted by Crippen LogP contribution is -2.39. The molecular weight excluding hydrogens is 304 g/mol. The number of anilines is 1. The van der Waals surface area contributed by atoms with Gasteiger partial charge < -0.3 is 20.5 Å². The van der Waals surface area contributed by atoms with E-state index in [1.807, 2.05) is 42.5 Å². The maximum absolute atomic E-state index is 12.1. The van der Waals surface area contributed by atoms with Gasteiger partial charge in [-0.1, -0.05) is 30.3 Å². The number of hydrogen-bond acceptors (Lipinski definition) is 3. The Kier molecular flexibility index (Phi) is 4.52. The summed E-state index contributed by atoms with van der Waals surface area (Å²) in [6.45, 7) is 1.73. The van der Waals surface area contributed by atoms with Gasteiger partial charge in [0.05, 0.1) is 0 Å². The summed E-state index contributed by atoms with van der Waals surface area (Å²) in [6.07, 6.45) is -0.519. The normalized spacial score (nSPS) is 11.7. The van der Waals surface area contributed by atoms with Gasteiger partial charge in [-0.05, 0) is 54.1 Å². The molecule has 0 spiro atoms. The molecule has 5 nitrogen and oxygen atoms in total. The summed E-state index contributed by atoms with van der Waals surface area (Å²) in [5.41, 5.74) is 0.711. The van der Waals surface area contributed by atoms with Crippen molar-refractivity contribution in [3.8, 4) is 11.5 Å². The number of ether oxygens (including phenoxy) is 1. The van der Waals surface area contributed by atoms with Crippen molar-refractivity contribution < 1.29 is 14.6 Å². The fourth-order valence-electron chi connectivity index (χ4n) is 2.38. The van der Waals surface area contributed by atoms with Crippen molar-refractivity contribution in [2.75, 3.05) is 5.32 Å². The summed E-state index contributed by atoms with van der Waals surface area (Å²) in [5, 5.41) is 16.9. The van der Waals surface area contributed by atoms with Crippen molar-refractivity contribution in [2.45, 2.75) is 13.2 Å². The summed E-state index contributed by atoms with van der Waals surface area (Å²) in [7, 11) is 0. The average molecular weight is 322 g/mol. The molecule has 0 radical (unpaired) electrons. The van der Waals surface area contributed by atoms with Crippen LogP contribution in [-0.4, -0.2) is 17.4 Å². The lowest BCUT2D eigenvalue weighted by atomic mass is 10.1. The summed E-state index contributed by atoms with van der Waals surface area (Å²) in [6, 6.07) is 19.6. The molecule has 122 valence electrons. The minimum absolute atomic E-state index is 0.164. The van der Waals surface area contributed by atoms with Crippen LogP contribution in [0.15, 0.2) is 66.7 Å². The molecule has 3 aromatic carbocycles. The van der Waals surface area contributed by atoms with Crippen LogP contribution in [0.25, 0.3) is 10.8 Å². The fraction of sp³-hybridized carbons (Fsp3) is 0.105. The number of urea groups is 1. The first-order valence-corrected chi connectivity index (χ1v) is 7.62. The van der Waals surface area contributed by atoms with E-state index in [1.54, 1.807) is 19.1 Å². The standard InChI is InChI=1S/C19H18N2O3/c1-13(24-18-10-8-17(22)9-11-18)20-19(23)21-16-7-6-14-4-2-3-5-15(14)12-16/h2-13,22H,1H3,(H2,20,21,23). The molecule has 0 aliphatic carbocycles. The van der Waals surface area contributed by atoms with E-state index in [0.717, 1.165) is 10.8 Å². The van der Waals surface area contributed by atoms with Gasteiger partial charge in [0.25, 0.3) is 0 Å². The van der Waals surface area contributed by atoms with Crippen molar-refractivity contribution in [2.24, 2.45) is 0 Å². The zero-order chi connectivity index (χ0) is 16.9. The van der Waals surface area contributed by atoms with Gasteiger partial charge >= 0.3 is 6.03 Å². The molecular formula is C19H18N2O3. The number of nitrogens with one attached hydrogen (secondary N) is 2. The first-order chi connectivity index (χ1) is 11.6. The van der Waals surface area contributed by atoms with Crippen LogP contribution in [0.2, 0.25) is 0 Å². The molecule has 0 aromatic heterocycles. The lowest BCUT2D eigenvalue weighted by Gasteiger charge is -2.17. The molecule has 0 saturated carbocycles. The Morgan fingerprint density at radius 1 is 1.00 bits per heavy atom. The van der Waals surface area contributed by atoms with E-state index >= 15 is 0 Å². The highest BCUT2D eigenvalue weighted by molar-refractivity contribution is 5.93. The third kappa shape index (κ3) is 3.95. The number of hydrogen-bond donors (Lipinski definition) is 3. The minimum Gasteiger partial charge on any atom is -0.508 e. The smallest absolute Gasteiger partial charge is 0.322 e. The molecule has 0 fully saturated rings. The third-order valence-corrected chi connectivity index (χ3v) is 3.49. The van der Waals surface area contributed by atoms with Gasteiger partial charge in [-0.2, -0.15) is 0 Å². The highest BCUT2D eigenvalue weighted by Crippen LogP contribution is 2.19. The number of carbonyl (C=O) groups excluding carboxylic acids is 1. The van der Waals surface area contributed by atoms with Gasteiger partial charge in [-0.25, -0.2) is 4.79 Å². The van der Waals surface area contributed by atoms with Crippen LogP contribution in [0.3, 0.4) is 0 Å². The molecule has 0 aliphatic heterocycles. The quantitative estimate of drug-likeness (QED) is 0.634. The molecule has 24 heavy (non-hydrogen) atoms. The second kappa shape index (κ2) is 6.91. The van der Waals surface area contributed by atoms with Gasteiger partial charge in [-0.15, -0.1) is 0 Å². The summed E-state index contributed by atoms with van der Waals surface area (Å²) >= 11 is 0. The summed E-state index contributed by atoms with van der Waals surface area (Å²) in [5.74, 6) is 0.725. The second-order valence-corrected chi connectivity index (χ2v) is 5.41. The Hall–Kier alpha value is -3.21. The number of rotatable bonds is 4. The van der Waals surface area contributed by atoms with Crippen molar-refractivity contribution in [1.82, 2.24) is 5.32 Å². The lowest BCUT2D eigenvalue weighted by molar-refractivity contribution is 0.183. The van der Waals surface area contributed by atoms with Gasteiger partial charge in [0.15, 0.2) is 6.23 Å². The third-order valence-electron chi connectivity index (χ3n) is 3.49. The Morgan fingerprint density at radius 3 is 2.46 bits per heavy atom. The molecule has 1 unspecified atom stereocenters. The Labute approximate surface area is 139 Å². The molecule has 0 aliphatic rings. The molecule has 0 heterocycles. The molecule has 3 N–H and O–H groups in total. The van der Waals surface area contributed by atoms with Crippen molar-refractivity contribution in [1.29, 1.82) is 0 Å². The number of phenols is 1. The first-order valence-electron chi connectivity index (χ1n) is 7.62. The van der Waals surface area contributed by atoms with Crippen LogP contribution in [0.4, 0.5) is 10.5 Å². The van der Waals surface area contributed by atoms with Gasteiger partial charge in [0.2, 0.25) is 0 Å². The summed E-state index contributed by atoms with van der Waals surface area (Å²) < 4.78 is 5.56. The average Bonchev–Trinajstić information content (AvgIpc) is 2.56. The van der Waals surface area contributed by atoms with Crippen LogP contribution < -0.4 is 15.4 Å². The van der Waals surface area contributed by atoms with Crippen molar-refractivity contribution in [3.63, 3.8) is 0 Å². The molecule has 2 amide bonds. The maximum Gasteiger partial charge on any atom is 0.322 e. The Bertz CT molecular complexity index is 847. The zero-order valence-corrected chi connectivity index (χ0v) is 13.2. The zero-order valence-electron chi connectivity index (χ0n) is 13.2. The van der Waals surface area contributed by atoms with Gasteiger partial charge in [0, 0.05) is 5.69 Å². The van der Waals surface area contributed by atoms with E-state index in [4.69, 9.17) is 4.74 Å². The predicted octanol–water partition coefficient (Wildman–Crippen LogP) is 4.09. The minimum atomic E-state index is -0.519. The molecule has 3 aromatic rings. The van der Waals surface area contributed by atoms with Gasteiger partial charge in [0.1, 0.15) is 11.5 Å². The number of aromatic hydroxyl groups is 1. The maximum atomic E-state index is 12.1. The Morgan fingerprint density at radius 2 is 1.71 bits per heavy atom. The number of benzene rings is 3. The molecule has 3 rings (SSSR count). The number of phenolic OH excluding ortho intramolecular Hbond substituents is 1. The SMILES string of the molecule is CC(NC(=O)Nc1ccc2ccccc2c1)Oc1ccc(O)cc1. The van der Waals surface area contributed by atoms with E-state index in [2.05, 4.69) is 10.6 Å². The predicted molar refractivity (Wildman–Crippen MR) is 94.3 cm³/mol. The first kappa shape index (κ1) is 15.7. The summed E-state index contributed by atoms with van der Waals surface area (Å²) in [4.78, 5) is 12.1. The van der Waals surface area contributed by atoms with Crippen molar-refractivity contribution in [3.05, 3.63) is 66.7 Å². The van der Waals surface area contributed by atoms with Crippen molar-refractivity contribution >= 4 is 22.5 Å². The number of carbonyl (C=O) groups is 1. The van der Waals surface area contributed by atoms with Crippen LogP contribution in [0.1, 0.15) is 6.92 Å². The van der Waals surface area contributed by atoms with Gasteiger partial charge in [-0.3, -0.25) is 0 Å². The van der Waals surface area contributed by atoms with E-state index in [1.165, 1.54) is 12.1 Å². The van der Waals surface area contributed by atoms with E-state index < -0.39 is 6.23 Å². The fourth-order valence-corrected chi connectivity index (χ4v) is 2.38. The van der Waals surface area contributed by atoms with Crippen LogP contribution in [0, 0.1) is 0 Å². The van der Waals surface area contributed by atoms with Crippen LogP contribution >= 0.6 is 0 Å². The van der Waals surface area contributed by atoms with E-state index in [-0.39, 0.29) is 11.8 Å². The molecule has 5 heteroatoms. The number of amides is 2. The topological polar surface area (TPSA) is 70.6 Å². The number of fused-ring (bicyclic) bond motifs is 1. The van der Waals surface area contributed by atoms with E-state index in [9.17, 15) is 9.90 Å².